The molecule has 21 heavy (non-hydrogen) atoms. The van der Waals surface area contributed by atoms with Crippen LogP contribution in [0.5, 0.6) is 0 Å². The van der Waals surface area contributed by atoms with Gasteiger partial charge < -0.3 is 15.0 Å². The number of aliphatic carboxylic acids is 1. The molecule has 1 aromatic heterocycles. The second-order valence-electron chi connectivity index (χ2n) is 5.55. The summed E-state index contributed by atoms with van der Waals surface area (Å²) in [6.45, 7) is 4.01. The maximum absolute atomic E-state index is 12.0. The second-order valence-corrected chi connectivity index (χ2v) is 6.49. The molecule has 1 fully saturated rings. The van der Waals surface area contributed by atoms with Crippen LogP contribution in [0.4, 0.5) is 0 Å². The van der Waals surface area contributed by atoms with Gasteiger partial charge >= 0.3 is 5.97 Å². The largest absolute Gasteiger partial charge is 0.480 e. The van der Waals surface area contributed by atoms with Crippen molar-refractivity contribution in [2.45, 2.75) is 56.3 Å². The van der Waals surface area contributed by atoms with E-state index in [9.17, 15) is 14.7 Å². The number of carboxylic acid groups (broad SMARTS) is 1. The minimum Gasteiger partial charge on any atom is -0.480 e. The molecule has 1 saturated carbocycles. The van der Waals surface area contributed by atoms with E-state index in [0.717, 1.165) is 12.8 Å². The molecular formula is C13H20N4O3S. The summed E-state index contributed by atoms with van der Waals surface area (Å²) < 4.78 is 1.88. The van der Waals surface area contributed by atoms with Crippen molar-refractivity contribution in [1.82, 2.24) is 20.1 Å². The van der Waals surface area contributed by atoms with E-state index < -0.39 is 11.5 Å². The number of aromatic nitrogens is 3. The van der Waals surface area contributed by atoms with Crippen molar-refractivity contribution in [1.29, 1.82) is 0 Å². The summed E-state index contributed by atoms with van der Waals surface area (Å²) in [6, 6.07) is 0.214. The first-order valence-corrected chi connectivity index (χ1v) is 8.00. The highest BCUT2D eigenvalue weighted by Gasteiger charge is 2.42. The van der Waals surface area contributed by atoms with Gasteiger partial charge in [0.05, 0.1) is 5.75 Å². The van der Waals surface area contributed by atoms with Gasteiger partial charge in [0.2, 0.25) is 5.91 Å². The fourth-order valence-electron chi connectivity index (χ4n) is 2.49. The van der Waals surface area contributed by atoms with E-state index in [2.05, 4.69) is 15.5 Å². The average molecular weight is 312 g/mol. The minimum absolute atomic E-state index is 0.139. The molecule has 1 aromatic rings. The van der Waals surface area contributed by atoms with E-state index in [-0.39, 0.29) is 17.7 Å². The minimum atomic E-state index is -1.08. The van der Waals surface area contributed by atoms with Crippen LogP contribution in [0.3, 0.4) is 0 Å². The number of carbonyl (C=O) groups excluding carboxylic acids is 1. The van der Waals surface area contributed by atoms with Crippen molar-refractivity contribution in [2.24, 2.45) is 0 Å². The Labute approximate surface area is 127 Å². The summed E-state index contributed by atoms with van der Waals surface area (Å²) in [4.78, 5) is 23.4. The van der Waals surface area contributed by atoms with Crippen LogP contribution in [0.25, 0.3) is 0 Å². The predicted octanol–water partition coefficient (Wildman–Crippen LogP) is 1.46. The van der Waals surface area contributed by atoms with Crippen molar-refractivity contribution in [3.63, 3.8) is 0 Å². The number of hydrogen-bond donors (Lipinski definition) is 2. The number of carboxylic acids is 1. The molecule has 0 radical (unpaired) electrons. The molecule has 0 spiro atoms. The lowest BCUT2D eigenvalue weighted by Crippen LogP contribution is -2.53. The topological polar surface area (TPSA) is 97.1 Å². The predicted molar refractivity (Wildman–Crippen MR) is 78.1 cm³/mol. The Morgan fingerprint density at radius 2 is 2.14 bits per heavy atom. The first-order valence-electron chi connectivity index (χ1n) is 7.01. The molecule has 2 rings (SSSR count). The zero-order valence-electron chi connectivity index (χ0n) is 12.2. The fraction of sp³-hybridized carbons (Fsp3) is 0.692. The van der Waals surface area contributed by atoms with Crippen LogP contribution in [-0.4, -0.2) is 43.0 Å². The number of hydrogen-bond acceptors (Lipinski definition) is 5. The highest BCUT2D eigenvalue weighted by atomic mass is 32.2. The molecule has 2 N–H and O–H groups in total. The molecule has 0 bridgehead atoms. The number of nitrogens with one attached hydrogen (secondary N) is 1. The summed E-state index contributed by atoms with van der Waals surface area (Å²) in [5.74, 6) is -1.08. The number of amides is 1. The smallest absolute Gasteiger partial charge is 0.329 e. The van der Waals surface area contributed by atoms with Crippen LogP contribution in [0.2, 0.25) is 0 Å². The molecular weight excluding hydrogens is 292 g/mol. The lowest BCUT2D eigenvalue weighted by Gasteiger charge is -2.25. The summed E-state index contributed by atoms with van der Waals surface area (Å²) in [6.07, 6.45) is 4.30. The van der Waals surface area contributed by atoms with E-state index in [1.54, 1.807) is 6.33 Å². The van der Waals surface area contributed by atoms with Gasteiger partial charge in [-0.25, -0.2) is 4.79 Å². The third-order valence-corrected chi connectivity index (χ3v) is 4.63. The molecule has 8 heteroatoms. The first-order chi connectivity index (χ1) is 9.94. The summed E-state index contributed by atoms with van der Waals surface area (Å²) >= 11 is 1.27. The van der Waals surface area contributed by atoms with Crippen molar-refractivity contribution < 1.29 is 14.7 Å². The molecule has 0 atom stereocenters. The van der Waals surface area contributed by atoms with Crippen molar-refractivity contribution in [3.8, 4) is 0 Å². The van der Waals surface area contributed by atoms with Gasteiger partial charge in [-0.2, -0.15) is 0 Å². The molecule has 0 aromatic carbocycles. The maximum atomic E-state index is 12.0. The van der Waals surface area contributed by atoms with Crippen LogP contribution in [-0.2, 0) is 9.59 Å². The van der Waals surface area contributed by atoms with Gasteiger partial charge in [0, 0.05) is 6.04 Å². The van der Waals surface area contributed by atoms with Crippen molar-refractivity contribution >= 4 is 23.6 Å². The van der Waals surface area contributed by atoms with E-state index in [0.29, 0.717) is 18.0 Å². The second kappa shape index (κ2) is 6.46. The Hall–Kier alpha value is -1.57. The standard InChI is InChI=1S/C13H20N4O3S/c1-9(2)17-8-14-16-12(17)21-7-10(18)15-13(11(19)20)5-3-4-6-13/h8-9H,3-7H2,1-2H3,(H,15,18)(H,19,20). The molecule has 116 valence electrons. The summed E-state index contributed by atoms with van der Waals surface area (Å²) in [5.41, 5.74) is -1.08. The lowest BCUT2D eigenvalue weighted by atomic mass is 9.98. The Kier molecular flexibility index (Phi) is 4.87. The molecule has 7 nitrogen and oxygen atoms in total. The van der Waals surface area contributed by atoms with E-state index in [4.69, 9.17) is 0 Å². The Bertz CT molecular complexity index is 523. The highest BCUT2D eigenvalue weighted by molar-refractivity contribution is 7.99. The lowest BCUT2D eigenvalue weighted by molar-refractivity contribution is -0.147. The molecule has 1 heterocycles. The Balaban J connectivity index is 1.93. The average Bonchev–Trinajstić information content (AvgIpc) is 3.05. The number of nitrogens with zero attached hydrogens (tertiary/aromatic N) is 3. The SMILES string of the molecule is CC(C)n1cnnc1SCC(=O)NC1(C(=O)O)CCCC1. The van der Waals surface area contributed by atoms with Crippen LogP contribution < -0.4 is 5.32 Å². The third kappa shape index (κ3) is 3.55. The monoisotopic (exact) mass is 312 g/mol. The quantitative estimate of drug-likeness (QED) is 0.772. The van der Waals surface area contributed by atoms with E-state index >= 15 is 0 Å². The van der Waals surface area contributed by atoms with Gasteiger partial charge in [0.15, 0.2) is 5.16 Å². The molecule has 1 aliphatic rings. The van der Waals surface area contributed by atoms with Gasteiger partial charge in [0.25, 0.3) is 0 Å². The third-order valence-electron chi connectivity index (χ3n) is 3.67. The van der Waals surface area contributed by atoms with E-state index in [1.165, 1.54) is 11.8 Å². The zero-order chi connectivity index (χ0) is 15.5. The summed E-state index contributed by atoms with van der Waals surface area (Å²) in [7, 11) is 0. The normalized spacial score (nSPS) is 17.1. The van der Waals surface area contributed by atoms with Crippen LogP contribution in [0, 0.1) is 0 Å². The molecule has 1 amide bonds. The van der Waals surface area contributed by atoms with Crippen molar-refractivity contribution in [2.75, 3.05) is 5.75 Å². The maximum Gasteiger partial charge on any atom is 0.329 e. The van der Waals surface area contributed by atoms with E-state index in [1.807, 2.05) is 18.4 Å². The summed E-state index contributed by atoms with van der Waals surface area (Å²) in [5, 5.41) is 20.5. The molecule has 0 unspecified atom stereocenters. The Morgan fingerprint density at radius 1 is 1.48 bits per heavy atom. The molecule has 0 aliphatic heterocycles. The fourth-order valence-corrected chi connectivity index (χ4v) is 3.34. The Morgan fingerprint density at radius 3 is 2.71 bits per heavy atom. The highest BCUT2D eigenvalue weighted by Crippen LogP contribution is 2.30. The van der Waals surface area contributed by atoms with Crippen LogP contribution >= 0.6 is 11.8 Å². The number of carbonyl (C=O) groups is 2. The number of thioether (sulfide) groups is 1. The van der Waals surface area contributed by atoms with Gasteiger partial charge in [0.1, 0.15) is 11.9 Å². The molecule has 0 saturated heterocycles. The van der Waals surface area contributed by atoms with Gasteiger partial charge in [-0.15, -0.1) is 10.2 Å². The van der Waals surface area contributed by atoms with Gasteiger partial charge in [-0.05, 0) is 26.7 Å². The van der Waals surface area contributed by atoms with Crippen molar-refractivity contribution in [3.05, 3.63) is 6.33 Å². The van der Waals surface area contributed by atoms with Crippen LogP contribution in [0.1, 0.15) is 45.6 Å². The van der Waals surface area contributed by atoms with Gasteiger partial charge in [-0.1, -0.05) is 24.6 Å². The van der Waals surface area contributed by atoms with Crippen LogP contribution in [0.15, 0.2) is 11.5 Å². The first kappa shape index (κ1) is 15.8. The zero-order valence-corrected chi connectivity index (χ0v) is 13.0. The molecule has 1 aliphatic carbocycles. The number of rotatable bonds is 6. The van der Waals surface area contributed by atoms with Gasteiger partial charge in [-0.3, -0.25) is 4.79 Å².